The van der Waals surface area contributed by atoms with Crippen LogP contribution in [-0.4, -0.2) is 44.2 Å². The Morgan fingerprint density at radius 2 is 1.86 bits per heavy atom. The quantitative estimate of drug-likeness (QED) is 0.262. The molecule has 1 amide bonds. The van der Waals surface area contributed by atoms with E-state index in [1.807, 2.05) is 12.1 Å². The number of aromatic nitrogens is 2. The Bertz CT molecular complexity index is 1430. The zero-order valence-corrected chi connectivity index (χ0v) is 21.8. The topological polar surface area (TPSA) is 126 Å². The maximum atomic E-state index is 13.4. The molecule has 0 bridgehead atoms. The Hall–Kier alpha value is -3.77. The van der Waals surface area contributed by atoms with Gasteiger partial charge in [-0.3, -0.25) is 13.9 Å². The average Bonchev–Trinajstić information content (AvgIpc) is 3.69. The van der Waals surface area contributed by atoms with Crippen molar-refractivity contribution in [2.45, 2.75) is 32.6 Å². The van der Waals surface area contributed by atoms with Crippen LogP contribution in [0, 0.1) is 12.9 Å². The van der Waals surface area contributed by atoms with Crippen LogP contribution in [0.2, 0.25) is 0 Å². The highest BCUT2D eigenvalue weighted by Gasteiger charge is 2.26. The van der Waals surface area contributed by atoms with Crippen molar-refractivity contribution < 1.29 is 22.4 Å². The molecule has 1 aromatic carbocycles. The first-order valence-corrected chi connectivity index (χ1v) is 13.6. The lowest BCUT2D eigenvalue weighted by Gasteiger charge is -2.23. The highest BCUT2D eigenvalue weighted by atomic mass is 32.2. The minimum absolute atomic E-state index is 0.173. The molecule has 2 aromatic heterocycles. The fourth-order valence-corrected chi connectivity index (χ4v) is 4.22. The van der Waals surface area contributed by atoms with Crippen LogP contribution in [0.3, 0.4) is 0 Å². The van der Waals surface area contributed by atoms with E-state index in [9.17, 15) is 17.6 Å². The molecule has 0 radical (unpaired) electrons. The van der Waals surface area contributed by atoms with Crippen molar-refractivity contribution in [3.05, 3.63) is 65.4 Å². The molecule has 3 aromatic rings. The number of sulfonamides is 1. The fraction of sp³-hybridized carbons (Fsp3) is 0.320. The van der Waals surface area contributed by atoms with Crippen LogP contribution in [0.25, 0.3) is 0 Å². The summed E-state index contributed by atoms with van der Waals surface area (Å²) < 4.78 is 39.5. The first-order chi connectivity index (χ1) is 17.6. The second kappa shape index (κ2) is 10.7. The molecule has 1 aliphatic carbocycles. The van der Waals surface area contributed by atoms with Crippen LogP contribution in [-0.2, 0) is 14.9 Å². The molecule has 1 aliphatic rings. The second-order valence-corrected chi connectivity index (χ2v) is 10.8. The van der Waals surface area contributed by atoms with Gasteiger partial charge in [-0.2, -0.15) is 4.39 Å². The van der Waals surface area contributed by atoms with Gasteiger partial charge in [-0.15, -0.1) is 0 Å². The van der Waals surface area contributed by atoms with Gasteiger partial charge in [0.05, 0.1) is 46.9 Å². The number of hydroxylamine groups is 1. The number of hydrogen-bond acceptors (Lipinski definition) is 8. The average molecular weight is 529 g/mol. The maximum absolute atomic E-state index is 13.4. The zero-order valence-electron chi connectivity index (χ0n) is 21.0. The molecule has 1 fully saturated rings. The SMILES string of the molecule is CCONC(=O)c1cnc(Nc2ccc(F)nc2C)cc1Nc1ccc(C2CC2)cc1N(C)S(C)(=O)=O. The normalized spacial score (nSPS) is 13.2. The molecule has 10 nitrogen and oxygen atoms in total. The van der Waals surface area contributed by atoms with Gasteiger partial charge in [0.2, 0.25) is 16.0 Å². The molecule has 0 unspecified atom stereocenters. The molecule has 2 heterocycles. The first-order valence-electron chi connectivity index (χ1n) is 11.7. The van der Waals surface area contributed by atoms with Crippen molar-refractivity contribution in [2.24, 2.45) is 0 Å². The molecule has 12 heteroatoms. The van der Waals surface area contributed by atoms with E-state index in [0.29, 0.717) is 40.2 Å². The number of rotatable bonds is 10. The van der Waals surface area contributed by atoms with Crippen molar-refractivity contribution in [1.29, 1.82) is 0 Å². The van der Waals surface area contributed by atoms with Crippen molar-refractivity contribution in [3.63, 3.8) is 0 Å². The Morgan fingerprint density at radius 1 is 1.14 bits per heavy atom. The lowest BCUT2D eigenvalue weighted by molar-refractivity contribution is 0.0365. The van der Waals surface area contributed by atoms with E-state index >= 15 is 0 Å². The summed E-state index contributed by atoms with van der Waals surface area (Å²) in [5.74, 6) is -0.355. The number of halogens is 1. The van der Waals surface area contributed by atoms with E-state index in [1.165, 1.54) is 29.7 Å². The smallest absolute Gasteiger partial charge is 0.278 e. The zero-order chi connectivity index (χ0) is 26.7. The van der Waals surface area contributed by atoms with E-state index in [0.717, 1.165) is 24.7 Å². The van der Waals surface area contributed by atoms with Gasteiger partial charge < -0.3 is 10.6 Å². The van der Waals surface area contributed by atoms with Crippen LogP contribution < -0.4 is 20.4 Å². The Balaban J connectivity index is 1.75. The van der Waals surface area contributed by atoms with Gasteiger partial charge in [-0.25, -0.2) is 23.9 Å². The molecular weight excluding hydrogens is 499 g/mol. The monoisotopic (exact) mass is 528 g/mol. The lowest BCUT2D eigenvalue weighted by Crippen LogP contribution is -2.26. The highest BCUT2D eigenvalue weighted by molar-refractivity contribution is 7.92. The summed E-state index contributed by atoms with van der Waals surface area (Å²) in [6.07, 6.45) is 4.63. The molecular formula is C25H29FN6O4S. The Labute approximate surface area is 215 Å². The van der Waals surface area contributed by atoms with Crippen LogP contribution in [0.15, 0.2) is 42.6 Å². The predicted octanol–water partition coefficient (Wildman–Crippen LogP) is 4.37. The van der Waals surface area contributed by atoms with Gasteiger partial charge in [0.25, 0.3) is 5.91 Å². The molecule has 0 aliphatic heterocycles. The van der Waals surface area contributed by atoms with Crippen LogP contribution >= 0.6 is 0 Å². The molecule has 0 spiro atoms. The molecule has 0 atom stereocenters. The number of benzene rings is 1. The molecule has 1 saturated carbocycles. The third-order valence-corrected chi connectivity index (χ3v) is 7.14. The summed E-state index contributed by atoms with van der Waals surface area (Å²) in [4.78, 5) is 26.0. The summed E-state index contributed by atoms with van der Waals surface area (Å²) in [6.45, 7) is 3.66. The minimum atomic E-state index is -3.56. The van der Waals surface area contributed by atoms with Gasteiger partial charge in [0, 0.05) is 19.3 Å². The van der Waals surface area contributed by atoms with Gasteiger partial charge in [0.1, 0.15) is 5.82 Å². The number of nitrogens with one attached hydrogen (secondary N) is 3. The summed E-state index contributed by atoms with van der Waals surface area (Å²) in [7, 11) is -2.07. The van der Waals surface area contributed by atoms with E-state index in [1.54, 1.807) is 26.0 Å². The summed E-state index contributed by atoms with van der Waals surface area (Å²) >= 11 is 0. The van der Waals surface area contributed by atoms with Crippen LogP contribution in [0.5, 0.6) is 0 Å². The fourth-order valence-electron chi connectivity index (χ4n) is 3.71. The van der Waals surface area contributed by atoms with Crippen LogP contribution in [0.1, 0.15) is 47.3 Å². The van der Waals surface area contributed by atoms with E-state index in [2.05, 4.69) is 26.1 Å². The lowest BCUT2D eigenvalue weighted by atomic mass is 10.1. The summed E-state index contributed by atoms with van der Waals surface area (Å²) in [5, 5.41) is 6.29. The standard InChI is InChI=1S/C25H29FN6O4S/c1-5-36-31-25(33)18-14-27-24(30-19-10-11-23(26)28-15(19)2)13-21(18)29-20-9-8-17(16-6-7-16)12-22(20)32(3)37(4,34)35/h8-14,16H,5-7H2,1-4H3,(H,31,33)(H2,27,29,30). The highest BCUT2D eigenvalue weighted by Crippen LogP contribution is 2.43. The number of hydrogen-bond donors (Lipinski definition) is 3. The van der Waals surface area contributed by atoms with Gasteiger partial charge in [0.15, 0.2) is 0 Å². The van der Waals surface area contributed by atoms with Gasteiger partial charge >= 0.3 is 0 Å². The van der Waals surface area contributed by atoms with E-state index in [-0.39, 0.29) is 12.2 Å². The van der Waals surface area contributed by atoms with Crippen molar-refractivity contribution in [2.75, 3.05) is 34.8 Å². The summed E-state index contributed by atoms with van der Waals surface area (Å²) in [6, 6.07) is 9.98. The van der Waals surface area contributed by atoms with Crippen molar-refractivity contribution in [1.82, 2.24) is 15.4 Å². The third-order valence-electron chi connectivity index (χ3n) is 5.95. The minimum Gasteiger partial charge on any atom is -0.353 e. The van der Waals surface area contributed by atoms with Gasteiger partial charge in [-0.1, -0.05) is 6.07 Å². The molecule has 196 valence electrons. The molecule has 3 N–H and O–H groups in total. The third kappa shape index (κ3) is 6.33. The van der Waals surface area contributed by atoms with Crippen LogP contribution in [0.4, 0.5) is 33.0 Å². The largest absolute Gasteiger partial charge is 0.353 e. The maximum Gasteiger partial charge on any atom is 0.278 e. The van der Waals surface area contributed by atoms with Gasteiger partial charge in [-0.05, 0) is 62.4 Å². The second-order valence-electron chi connectivity index (χ2n) is 8.78. The number of nitrogens with zero attached hydrogens (tertiary/aromatic N) is 3. The van der Waals surface area contributed by atoms with Crippen molar-refractivity contribution >= 4 is 44.5 Å². The molecule has 37 heavy (non-hydrogen) atoms. The predicted molar refractivity (Wildman–Crippen MR) is 140 cm³/mol. The number of carbonyl (C=O) groups is 1. The number of amides is 1. The summed E-state index contributed by atoms with van der Waals surface area (Å²) in [5.41, 5.74) is 5.85. The number of anilines is 5. The number of pyridine rings is 2. The van der Waals surface area contributed by atoms with E-state index in [4.69, 9.17) is 4.84 Å². The Kier molecular flexibility index (Phi) is 7.60. The van der Waals surface area contributed by atoms with Crippen molar-refractivity contribution in [3.8, 4) is 0 Å². The van der Waals surface area contributed by atoms with E-state index < -0.39 is 21.9 Å². The number of carbonyl (C=O) groups excluding carboxylic acids is 1. The number of aryl methyl sites for hydroxylation is 1. The Morgan fingerprint density at radius 3 is 2.51 bits per heavy atom. The molecule has 4 rings (SSSR count). The molecule has 0 saturated heterocycles. The first kappa shape index (κ1) is 26.3.